The number of carbonyl (C=O) groups excluding carboxylic acids is 1. The van der Waals surface area contributed by atoms with Crippen LogP contribution in [0.5, 0.6) is 5.75 Å². The number of nitrogens with two attached hydrogens (primary N) is 1. The van der Waals surface area contributed by atoms with E-state index in [9.17, 15) is 4.79 Å². The second kappa shape index (κ2) is 6.28. The van der Waals surface area contributed by atoms with Crippen molar-refractivity contribution >= 4 is 5.78 Å². The highest BCUT2D eigenvalue weighted by Gasteiger charge is 2.15. The molecule has 88 valence electrons. The van der Waals surface area contributed by atoms with Crippen molar-refractivity contribution in [2.75, 3.05) is 6.54 Å². The van der Waals surface area contributed by atoms with Gasteiger partial charge in [-0.25, -0.2) is 0 Å². The molecule has 0 radical (unpaired) electrons. The van der Waals surface area contributed by atoms with Crippen LogP contribution in [-0.2, 0) is 11.2 Å². The molecule has 1 atom stereocenters. The summed E-state index contributed by atoms with van der Waals surface area (Å²) in [6.07, 6.45) is 2.23. The highest BCUT2D eigenvalue weighted by Crippen LogP contribution is 2.14. The summed E-state index contributed by atoms with van der Waals surface area (Å²) in [6.45, 7) is 2.47. The second-order valence-electron chi connectivity index (χ2n) is 4.03. The van der Waals surface area contributed by atoms with Crippen LogP contribution in [0.4, 0.5) is 0 Å². The number of phenolic OH excluding ortho intramolecular Hbond substituents is 1. The number of ketones is 1. The highest BCUT2D eigenvalue weighted by molar-refractivity contribution is 5.83. The molecule has 1 rings (SSSR count). The summed E-state index contributed by atoms with van der Waals surface area (Å²) in [6, 6.07) is 6.74. The minimum Gasteiger partial charge on any atom is -0.508 e. The van der Waals surface area contributed by atoms with Gasteiger partial charge in [0.2, 0.25) is 0 Å². The molecule has 0 aromatic heterocycles. The molecule has 3 N–H and O–H groups in total. The van der Waals surface area contributed by atoms with E-state index in [1.54, 1.807) is 24.3 Å². The Labute approximate surface area is 96.3 Å². The first-order chi connectivity index (χ1) is 7.67. The van der Waals surface area contributed by atoms with Crippen LogP contribution in [0.3, 0.4) is 0 Å². The fraction of sp³-hybridized carbons (Fsp3) is 0.462. The quantitative estimate of drug-likeness (QED) is 0.771. The van der Waals surface area contributed by atoms with Gasteiger partial charge >= 0.3 is 0 Å². The predicted octanol–water partition coefficient (Wildman–Crippen LogP) is 1.88. The van der Waals surface area contributed by atoms with Gasteiger partial charge in [-0.3, -0.25) is 4.79 Å². The van der Waals surface area contributed by atoms with E-state index in [-0.39, 0.29) is 17.5 Å². The third kappa shape index (κ3) is 3.66. The molecule has 0 saturated heterocycles. The summed E-state index contributed by atoms with van der Waals surface area (Å²) in [5.41, 5.74) is 6.50. The number of hydrogen-bond donors (Lipinski definition) is 2. The van der Waals surface area contributed by atoms with Crippen LogP contribution in [0.1, 0.15) is 25.3 Å². The Morgan fingerprint density at radius 1 is 1.38 bits per heavy atom. The molecule has 3 nitrogen and oxygen atoms in total. The lowest BCUT2D eigenvalue weighted by atomic mass is 9.94. The molecule has 1 aromatic rings. The van der Waals surface area contributed by atoms with E-state index >= 15 is 0 Å². The zero-order valence-electron chi connectivity index (χ0n) is 9.65. The normalized spacial score (nSPS) is 12.4. The van der Waals surface area contributed by atoms with Crippen molar-refractivity contribution in [1.82, 2.24) is 0 Å². The maximum Gasteiger partial charge on any atom is 0.141 e. The standard InChI is InChI=1S/C13H19NO2/c1-2-3-11(9-14)13(16)8-10-4-6-12(15)7-5-10/h4-7,11,15H,2-3,8-9,14H2,1H3. The van der Waals surface area contributed by atoms with Crippen LogP contribution in [0.2, 0.25) is 0 Å². The lowest BCUT2D eigenvalue weighted by Gasteiger charge is -2.12. The summed E-state index contributed by atoms with van der Waals surface area (Å²) in [7, 11) is 0. The van der Waals surface area contributed by atoms with Crippen LogP contribution in [-0.4, -0.2) is 17.4 Å². The zero-order valence-corrected chi connectivity index (χ0v) is 9.65. The molecule has 0 saturated carbocycles. The van der Waals surface area contributed by atoms with Crippen molar-refractivity contribution in [2.45, 2.75) is 26.2 Å². The van der Waals surface area contributed by atoms with Gasteiger partial charge in [-0.1, -0.05) is 25.5 Å². The zero-order chi connectivity index (χ0) is 12.0. The summed E-state index contributed by atoms with van der Waals surface area (Å²) in [5, 5.41) is 9.13. The van der Waals surface area contributed by atoms with Crippen LogP contribution >= 0.6 is 0 Å². The summed E-state index contributed by atoms with van der Waals surface area (Å²) in [4.78, 5) is 11.9. The lowest BCUT2D eigenvalue weighted by Crippen LogP contribution is -2.25. The molecule has 0 aliphatic heterocycles. The number of phenols is 1. The second-order valence-corrected chi connectivity index (χ2v) is 4.03. The van der Waals surface area contributed by atoms with Crippen molar-refractivity contribution in [3.8, 4) is 5.75 Å². The van der Waals surface area contributed by atoms with Gasteiger partial charge in [0.1, 0.15) is 11.5 Å². The number of hydrogen-bond acceptors (Lipinski definition) is 3. The molecule has 0 bridgehead atoms. The SMILES string of the molecule is CCCC(CN)C(=O)Cc1ccc(O)cc1. The topological polar surface area (TPSA) is 63.3 Å². The van der Waals surface area contributed by atoms with Gasteiger partial charge in [0.15, 0.2) is 0 Å². The molecule has 0 aliphatic carbocycles. The smallest absolute Gasteiger partial charge is 0.141 e. The molecule has 3 heteroatoms. The minimum atomic E-state index is -0.0289. The summed E-state index contributed by atoms with van der Waals surface area (Å²) in [5.74, 6) is 0.383. The van der Waals surface area contributed by atoms with E-state index in [1.165, 1.54) is 0 Å². The Balaban J connectivity index is 2.59. The third-order valence-corrected chi connectivity index (χ3v) is 2.69. The molecule has 0 spiro atoms. The number of aromatic hydroxyl groups is 1. The van der Waals surface area contributed by atoms with Crippen molar-refractivity contribution < 1.29 is 9.90 Å². The average molecular weight is 221 g/mol. The van der Waals surface area contributed by atoms with E-state index in [0.29, 0.717) is 13.0 Å². The van der Waals surface area contributed by atoms with Crippen LogP contribution < -0.4 is 5.73 Å². The Hall–Kier alpha value is -1.35. The molecule has 0 fully saturated rings. The Morgan fingerprint density at radius 2 is 2.00 bits per heavy atom. The molecular formula is C13H19NO2. The van der Waals surface area contributed by atoms with E-state index in [4.69, 9.17) is 10.8 Å². The van der Waals surface area contributed by atoms with Gasteiger partial charge in [-0.2, -0.15) is 0 Å². The van der Waals surface area contributed by atoms with Crippen molar-refractivity contribution in [1.29, 1.82) is 0 Å². The monoisotopic (exact) mass is 221 g/mol. The Bertz CT molecular complexity index is 332. The first kappa shape index (κ1) is 12.7. The molecule has 16 heavy (non-hydrogen) atoms. The van der Waals surface area contributed by atoms with Gasteiger partial charge < -0.3 is 10.8 Å². The van der Waals surface area contributed by atoms with Crippen LogP contribution in [0, 0.1) is 5.92 Å². The Morgan fingerprint density at radius 3 is 2.50 bits per heavy atom. The van der Waals surface area contributed by atoms with Crippen LogP contribution in [0.15, 0.2) is 24.3 Å². The maximum absolute atomic E-state index is 11.9. The van der Waals surface area contributed by atoms with E-state index in [2.05, 4.69) is 6.92 Å². The number of benzene rings is 1. The van der Waals surface area contributed by atoms with Gasteiger partial charge in [0, 0.05) is 18.9 Å². The highest BCUT2D eigenvalue weighted by atomic mass is 16.3. The lowest BCUT2D eigenvalue weighted by molar-refractivity contribution is -0.122. The van der Waals surface area contributed by atoms with E-state index < -0.39 is 0 Å². The summed E-state index contributed by atoms with van der Waals surface area (Å²) < 4.78 is 0. The predicted molar refractivity (Wildman–Crippen MR) is 64.3 cm³/mol. The first-order valence-electron chi connectivity index (χ1n) is 5.68. The molecule has 0 amide bonds. The average Bonchev–Trinajstić information content (AvgIpc) is 2.29. The Kier molecular flexibility index (Phi) is 4.99. The first-order valence-corrected chi connectivity index (χ1v) is 5.68. The van der Waals surface area contributed by atoms with Gasteiger partial charge in [-0.05, 0) is 24.1 Å². The maximum atomic E-state index is 11.9. The fourth-order valence-electron chi connectivity index (χ4n) is 1.72. The van der Waals surface area contributed by atoms with E-state index in [1.807, 2.05) is 0 Å². The number of Topliss-reactive ketones (excluding diaryl/α,β-unsaturated/α-hetero) is 1. The van der Waals surface area contributed by atoms with E-state index in [0.717, 1.165) is 18.4 Å². The molecule has 0 aliphatic rings. The third-order valence-electron chi connectivity index (χ3n) is 2.69. The largest absolute Gasteiger partial charge is 0.508 e. The summed E-state index contributed by atoms with van der Waals surface area (Å²) >= 11 is 0. The number of rotatable bonds is 6. The molecule has 1 unspecified atom stereocenters. The molecule has 1 aromatic carbocycles. The fourth-order valence-corrected chi connectivity index (χ4v) is 1.72. The van der Waals surface area contributed by atoms with Gasteiger partial charge in [-0.15, -0.1) is 0 Å². The van der Waals surface area contributed by atoms with Crippen molar-refractivity contribution in [3.63, 3.8) is 0 Å². The van der Waals surface area contributed by atoms with Gasteiger partial charge in [0.25, 0.3) is 0 Å². The molecule has 0 heterocycles. The van der Waals surface area contributed by atoms with Crippen molar-refractivity contribution in [2.24, 2.45) is 11.7 Å². The van der Waals surface area contributed by atoms with Gasteiger partial charge in [0.05, 0.1) is 0 Å². The minimum absolute atomic E-state index is 0.0289. The number of carbonyl (C=O) groups is 1. The molecular weight excluding hydrogens is 202 g/mol. The van der Waals surface area contributed by atoms with Crippen LogP contribution in [0.25, 0.3) is 0 Å². The van der Waals surface area contributed by atoms with Crippen molar-refractivity contribution in [3.05, 3.63) is 29.8 Å².